The lowest BCUT2D eigenvalue weighted by Gasteiger charge is -2.19. The van der Waals surface area contributed by atoms with Gasteiger partial charge in [0.25, 0.3) is 0 Å². The quantitative estimate of drug-likeness (QED) is 0.807. The zero-order chi connectivity index (χ0) is 14.7. The van der Waals surface area contributed by atoms with Gasteiger partial charge in [-0.2, -0.15) is 0 Å². The number of nitrogens with one attached hydrogen (secondary N) is 1. The lowest BCUT2D eigenvalue weighted by molar-refractivity contribution is 0.416. The van der Waals surface area contributed by atoms with Crippen LogP contribution in [0.25, 0.3) is 0 Å². The van der Waals surface area contributed by atoms with Gasteiger partial charge < -0.3 is 10.1 Å². The van der Waals surface area contributed by atoms with Crippen LogP contribution in [0.1, 0.15) is 24.1 Å². The van der Waals surface area contributed by atoms with Crippen LogP contribution in [-0.2, 0) is 0 Å². The number of methoxy groups -OCH3 is 1. The van der Waals surface area contributed by atoms with Crippen LogP contribution in [0.3, 0.4) is 0 Å². The molecule has 2 aromatic carbocycles. The molecule has 0 spiro atoms. The standard InChI is InChI=1S/C16H17Cl2NO/c1-10-7-8-15(20-3)14(9-10)19-11(2)12-5-4-6-13(17)16(12)18/h4-9,11,19H,1-3H3. The molecule has 1 atom stereocenters. The predicted molar refractivity (Wildman–Crippen MR) is 86.2 cm³/mol. The van der Waals surface area contributed by atoms with E-state index in [0.717, 1.165) is 22.6 Å². The van der Waals surface area contributed by atoms with Crippen molar-refractivity contribution in [2.75, 3.05) is 12.4 Å². The molecule has 2 rings (SSSR count). The first kappa shape index (κ1) is 15.0. The van der Waals surface area contributed by atoms with E-state index in [1.807, 2.05) is 44.2 Å². The first-order valence-corrected chi connectivity index (χ1v) is 7.13. The van der Waals surface area contributed by atoms with Crippen molar-refractivity contribution in [1.82, 2.24) is 0 Å². The minimum absolute atomic E-state index is 0.0249. The van der Waals surface area contributed by atoms with Crippen molar-refractivity contribution in [2.24, 2.45) is 0 Å². The van der Waals surface area contributed by atoms with Gasteiger partial charge in [-0.25, -0.2) is 0 Å². The van der Waals surface area contributed by atoms with E-state index in [2.05, 4.69) is 5.32 Å². The maximum atomic E-state index is 6.26. The van der Waals surface area contributed by atoms with Crippen LogP contribution < -0.4 is 10.1 Å². The molecule has 0 fully saturated rings. The third-order valence-corrected chi connectivity index (χ3v) is 4.01. The topological polar surface area (TPSA) is 21.3 Å². The summed E-state index contributed by atoms with van der Waals surface area (Å²) in [6, 6.07) is 11.7. The maximum Gasteiger partial charge on any atom is 0.141 e. The summed E-state index contributed by atoms with van der Waals surface area (Å²) >= 11 is 12.3. The average Bonchev–Trinajstić information content (AvgIpc) is 2.42. The van der Waals surface area contributed by atoms with Gasteiger partial charge >= 0.3 is 0 Å². The first-order valence-electron chi connectivity index (χ1n) is 6.38. The van der Waals surface area contributed by atoms with Crippen molar-refractivity contribution in [3.63, 3.8) is 0 Å². The average molecular weight is 310 g/mol. The van der Waals surface area contributed by atoms with Crippen LogP contribution in [0, 0.1) is 6.92 Å². The molecule has 2 nitrogen and oxygen atoms in total. The number of aryl methyl sites for hydroxylation is 1. The van der Waals surface area contributed by atoms with E-state index in [1.165, 1.54) is 0 Å². The molecule has 1 unspecified atom stereocenters. The second kappa shape index (κ2) is 6.38. The SMILES string of the molecule is COc1ccc(C)cc1NC(C)c1cccc(Cl)c1Cl. The van der Waals surface area contributed by atoms with Gasteiger partial charge in [0.05, 0.1) is 28.9 Å². The second-order valence-corrected chi connectivity index (χ2v) is 5.50. The lowest BCUT2D eigenvalue weighted by atomic mass is 10.1. The Bertz CT molecular complexity index is 613. The maximum absolute atomic E-state index is 6.26. The molecule has 0 radical (unpaired) electrons. The van der Waals surface area contributed by atoms with Crippen molar-refractivity contribution < 1.29 is 4.74 Å². The molecule has 0 saturated heterocycles. The van der Waals surface area contributed by atoms with E-state index in [-0.39, 0.29) is 6.04 Å². The molecular formula is C16H17Cl2NO. The highest BCUT2D eigenvalue weighted by Gasteiger charge is 2.13. The molecule has 1 N–H and O–H groups in total. The molecule has 20 heavy (non-hydrogen) atoms. The normalized spacial score (nSPS) is 12.1. The first-order chi connectivity index (χ1) is 9.52. The van der Waals surface area contributed by atoms with Crippen LogP contribution in [0.5, 0.6) is 5.75 Å². The van der Waals surface area contributed by atoms with Gasteiger partial charge in [0, 0.05) is 0 Å². The molecule has 0 aliphatic rings. The highest BCUT2D eigenvalue weighted by Crippen LogP contribution is 2.34. The van der Waals surface area contributed by atoms with Gasteiger partial charge in [-0.3, -0.25) is 0 Å². The number of hydrogen-bond donors (Lipinski definition) is 1. The van der Waals surface area contributed by atoms with Crippen molar-refractivity contribution in [2.45, 2.75) is 19.9 Å². The molecule has 0 amide bonds. The molecular weight excluding hydrogens is 293 g/mol. The van der Waals surface area contributed by atoms with E-state index in [1.54, 1.807) is 13.2 Å². The summed E-state index contributed by atoms with van der Waals surface area (Å²) in [4.78, 5) is 0. The van der Waals surface area contributed by atoms with Gasteiger partial charge in [-0.1, -0.05) is 41.4 Å². The summed E-state index contributed by atoms with van der Waals surface area (Å²) in [5.41, 5.74) is 3.07. The van der Waals surface area contributed by atoms with Gasteiger partial charge in [-0.15, -0.1) is 0 Å². The summed E-state index contributed by atoms with van der Waals surface area (Å²) in [5, 5.41) is 4.57. The Morgan fingerprint density at radius 1 is 1.15 bits per heavy atom. The smallest absolute Gasteiger partial charge is 0.141 e. The Morgan fingerprint density at radius 2 is 1.90 bits per heavy atom. The van der Waals surface area contributed by atoms with E-state index in [9.17, 15) is 0 Å². The summed E-state index contributed by atoms with van der Waals surface area (Å²) in [5.74, 6) is 0.806. The van der Waals surface area contributed by atoms with E-state index >= 15 is 0 Å². The largest absolute Gasteiger partial charge is 0.495 e. The number of benzene rings is 2. The Labute approximate surface area is 129 Å². The minimum atomic E-state index is 0.0249. The van der Waals surface area contributed by atoms with Crippen molar-refractivity contribution in [1.29, 1.82) is 0 Å². The fourth-order valence-electron chi connectivity index (χ4n) is 2.10. The molecule has 106 valence electrons. The number of halogens is 2. The van der Waals surface area contributed by atoms with Crippen molar-refractivity contribution in [3.8, 4) is 5.75 Å². The molecule has 2 aromatic rings. The van der Waals surface area contributed by atoms with Gasteiger partial charge in [-0.05, 0) is 43.2 Å². The molecule has 0 bridgehead atoms. The molecule has 0 aliphatic heterocycles. The predicted octanol–water partition coefficient (Wildman–Crippen LogP) is 5.48. The van der Waals surface area contributed by atoms with Crippen LogP contribution in [0.2, 0.25) is 10.0 Å². The van der Waals surface area contributed by atoms with Crippen molar-refractivity contribution >= 4 is 28.9 Å². The Balaban J connectivity index is 2.30. The molecule has 0 aromatic heterocycles. The Morgan fingerprint density at radius 3 is 2.60 bits per heavy atom. The zero-order valence-corrected chi connectivity index (χ0v) is 13.2. The Hall–Kier alpha value is -1.38. The summed E-state index contributed by atoms with van der Waals surface area (Å²) < 4.78 is 5.37. The fourth-order valence-corrected chi connectivity index (χ4v) is 2.57. The van der Waals surface area contributed by atoms with E-state index < -0.39 is 0 Å². The Kier molecular flexibility index (Phi) is 4.79. The molecule has 0 aliphatic carbocycles. The molecule has 0 saturated carbocycles. The second-order valence-electron chi connectivity index (χ2n) is 4.71. The summed E-state index contributed by atoms with van der Waals surface area (Å²) in [6.07, 6.45) is 0. The van der Waals surface area contributed by atoms with Crippen LogP contribution in [0.15, 0.2) is 36.4 Å². The van der Waals surface area contributed by atoms with E-state index in [4.69, 9.17) is 27.9 Å². The fraction of sp³-hybridized carbons (Fsp3) is 0.250. The number of ether oxygens (including phenoxy) is 1. The number of rotatable bonds is 4. The minimum Gasteiger partial charge on any atom is -0.495 e. The number of hydrogen-bond acceptors (Lipinski definition) is 2. The summed E-state index contributed by atoms with van der Waals surface area (Å²) in [6.45, 7) is 4.08. The van der Waals surface area contributed by atoms with E-state index in [0.29, 0.717) is 10.0 Å². The molecule has 0 heterocycles. The monoisotopic (exact) mass is 309 g/mol. The van der Waals surface area contributed by atoms with Crippen LogP contribution in [-0.4, -0.2) is 7.11 Å². The lowest BCUT2D eigenvalue weighted by Crippen LogP contribution is -2.08. The van der Waals surface area contributed by atoms with Gasteiger partial charge in [0.15, 0.2) is 0 Å². The van der Waals surface area contributed by atoms with Crippen LogP contribution in [0.4, 0.5) is 5.69 Å². The highest BCUT2D eigenvalue weighted by molar-refractivity contribution is 6.42. The summed E-state index contributed by atoms with van der Waals surface area (Å²) in [7, 11) is 1.66. The van der Waals surface area contributed by atoms with Gasteiger partial charge in [0.2, 0.25) is 0 Å². The zero-order valence-electron chi connectivity index (χ0n) is 11.7. The number of anilines is 1. The van der Waals surface area contributed by atoms with Crippen molar-refractivity contribution in [3.05, 3.63) is 57.6 Å². The third-order valence-electron chi connectivity index (χ3n) is 3.17. The van der Waals surface area contributed by atoms with Gasteiger partial charge in [0.1, 0.15) is 5.75 Å². The molecule has 4 heteroatoms. The third kappa shape index (κ3) is 3.20. The van der Waals surface area contributed by atoms with Crippen LogP contribution >= 0.6 is 23.2 Å². The highest BCUT2D eigenvalue weighted by atomic mass is 35.5.